The second-order valence-electron chi connectivity index (χ2n) is 7.27. The summed E-state index contributed by atoms with van der Waals surface area (Å²) in [6.45, 7) is 1.00. The highest BCUT2D eigenvalue weighted by Gasteiger charge is 2.30. The van der Waals surface area contributed by atoms with E-state index in [4.69, 9.17) is 14.2 Å². The summed E-state index contributed by atoms with van der Waals surface area (Å²) in [5.41, 5.74) is 2.14. The zero-order chi connectivity index (χ0) is 18.2. The number of pyridine rings is 1. The molecule has 0 N–H and O–H groups in total. The first-order valence-electron chi connectivity index (χ1n) is 9.52. The number of methoxy groups -OCH3 is 1. The van der Waals surface area contributed by atoms with E-state index in [-0.39, 0.29) is 0 Å². The minimum Gasteiger partial charge on any atom is -0.497 e. The normalized spacial score (nSPS) is 19.4. The van der Waals surface area contributed by atoms with Gasteiger partial charge in [-0.3, -0.25) is 0 Å². The first-order valence-corrected chi connectivity index (χ1v) is 9.52. The van der Waals surface area contributed by atoms with Crippen LogP contribution in [-0.4, -0.2) is 28.8 Å². The molecule has 1 aromatic carbocycles. The van der Waals surface area contributed by atoms with Crippen LogP contribution >= 0.6 is 0 Å². The number of benzene rings is 1. The van der Waals surface area contributed by atoms with Gasteiger partial charge in [0.05, 0.1) is 18.7 Å². The molecular weight excluding hydrogens is 340 g/mol. The van der Waals surface area contributed by atoms with Gasteiger partial charge in [0.2, 0.25) is 0 Å². The SMILES string of the molecule is COc1cccc(C2CCCN2c2ccc(-c3nc(C4CC4)no3)cn2)c1. The molecule has 1 aliphatic heterocycles. The van der Waals surface area contributed by atoms with Crippen molar-refractivity contribution < 1.29 is 9.26 Å². The van der Waals surface area contributed by atoms with Gasteiger partial charge in [-0.2, -0.15) is 4.98 Å². The van der Waals surface area contributed by atoms with Gasteiger partial charge in [-0.05, 0) is 55.5 Å². The van der Waals surface area contributed by atoms with E-state index in [9.17, 15) is 0 Å². The standard InChI is InChI=1S/C21H22N4O2/c1-26-17-5-2-4-15(12-17)18-6-3-11-25(18)19-10-9-16(13-22-19)21-23-20(24-27-21)14-7-8-14/h2,4-5,9-10,12-14,18H,3,6-8,11H2,1H3. The maximum absolute atomic E-state index is 5.40. The van der Waals surface area contributed by atoms with Gasteiger partial charge in [0.15, 0.2) is 5.82 Å². The van der Waals surface area contributed by atoms with Gasteiger partial charge in [0, 0.05) is 18.7 Å². The molecule has 2 aliphatic rings. The molecular formula is C21H22N4O2. The second kappa shape index (κ2) is 6.68. The van der Waals surface area contributed by atoms with Crippen molar-refractivity contribution in [1.82, 2.24) is 15.1 Å². The summed E-state index contributed by atoms with van der Waals surface area (Å²) in [5, 5.41) is 4.09. The Morgan fingerprint density at radius 1 is 1.15 bits per heavy atom. The summed E-state index contributed by atoms with van der Waals surface area (Å²) in [4.78, 5) is 11.6. The Labute approximate surface area is 158 Å². The van der Waals surface area contributed by atoms with E-state index in [0.717, 1.165) is 55.2 Å². The van der Waals surface area contributed by atoms with Crippen LogP contribution in [0.4, 0.5) is 5.82 Å². The van der Waals surface area contributed by atoms with Crippen LogP contribution in [0.2, 0.25) is 0 Å². The number of nitrogens with zero attached hydrogens (tertiary/aromatic N) is 4. The van der Waals surface area contributed by atoms with Gasteiger partial charge in [-0.15, -0.1) is 0 Å². The molecule has 3 aromatic rings. The van der Waals surface area contributed by atoms with E-state index in [1.165, 1.54) is 5.56 Å². The van der Waals surface area contributed by atoms with Gasteiger partial charge in [0.1, 0.15) is 11.6 Å². The average molecular weight is 362 g/mol. The van der Waals surface area contributed by atoms with Crippen LogP contribution in [0.15, 0.2) is 47.1 Å². The highest BCUT2D eigenvalue weighted by molar-refractivity contribution is 5.56. The van der Waals surface area contributed by atoms with Gasteiger partial charge in [-0.25, -0.2) is 4.98 Å². The first-order chi connectivity index (χ1) is 13.3. The fourth-order valence-corrected chi connectivity index (χ4v) is 3.78. The molecule has 0 radical (unpaired) electrons. The minimum atomic E-state index is 0.323. The predicted molar refractivity (Wildman–Crippen MR) is 102 cm³/mol. The van der Waals surface area contributed by atoms with Gasteiger partial charge >= 0.3 is 0 Å². The molecule has 6 heteroatoms. The lowest BCUT2D eigenvalue weighted by molar-refractivity contribution is 0.414. The van der Waals surface area contributed by atoms with Crippen molar-refractivity contribution in [3.05, 3.63) is 54.0 Å². The van der Waals surface area contributed by atoms with Crippen LogP contribution in [0, 0.1) is 0 Å². The number of ether oxygens (including phenoxy) is 1. The van der Waals surface area contributed by atoms with Crippen LogP contribution < -0.4 is 9.64 Å². The average Bonchev–Trinajstić information content (AvgIpc) is 3.26. The molecule has 0 spiro atoms. The Balaban J connectivity index is 1.38. The van der Waals surface area contributed by atoms with Crippen molar-refractivity contribution in [3.8, 4) is 17.2 Å². The van der Waals surface area contributed by atoms with Crippen LogP contribution in [0.3, 0.4) is 0 Å². The second-order valence-corrected chi connectivity index (χ2v) is 7.27. The minimum absolute atomic E-state index is 0.323. The summed E-state index contributed by atoms with van der Waals surface area (Å²) in [6.07, 6.45) is 6.43. The zero-order valence-corrected chi connectivity index (χ0v) is 15.3. The third-order valence-corrected chi connectivity index (χ3v) is 5.40. The maximum atomic E-state index is 5.40. The number of anilines is 1. The van der Waals surface area contributed by atoms with Crippen molar-refractivity contribution in [1.29, 1.82) is 0 Å². The van der Waals surface area contributed by atoms with E-state index >= 15 is 0 Å². The Hall–Kier alpha value is -2.89. The molecule has 1 saturated heterocycles. The monoisotopic (exact) mass is 362 g/mol. The quantitative estimate of drug-likeness (QED) is 0.672. The molecule has 3 heterocycles. The number of rotatable bonds is 5. The molecule has 27 heavy (non-hydrogen) atoms. The topological polar surface area (TPSA) is 64.3 Å². The number of hydrogen-bond acceptors (Lipinski definition) is 6. The fourth-order valence-electron chi connectivity index (χ4n) is 3.78. The molecule has 2 aromatic heterocycles. The highest BCUT2D eigenvalue weighted by Crippen LogP contribution is 2.39. The molecule has 138 valence electrons. The predicted octanol–water partition coefficient (Wildman–Crippen LogP) is 4.36. The Bertz CT molecular complexity index is 933. The molecule has 1 atom stereocenters. The molecule has 1 aliphatic carbocycles. The molecule has 0 amide bonds. The Kier molecular flexibility index (Phi) is 4.03. The lowest BCUT2D eigenvalue weighted by Gasteiger charge is -2.26. The molecule has 0 bridgehead atoms. The summed E-state index contributed by atoms with van der Waals surface area (Å²) < 4.78 is 10.8. The maximum Gasteiger partial charge on any atom is 0.259 e. The van der Waals surface area contributed by atoms with Crippen molar-refractivity contribution in [2.45, 2.75) is 37.6 Å². The van der Waals surface area contributed by atoms with Crippen molar-refractivity contribution in [2.24, 2.45) is 0 Å². The lowest BCUT2D eigenvalue weighted by atomic mass is 10.0. The summed E-state index contributed by atoms with van der Waals surface area (Å²) in [7, 11) is 1.71. The molecule has 5 rings (SSSR count). The smallest absolute Gasteiger partial charge is 0.259 e. The number of aromatic nitrogens is 3. The Morgan fingerprint density at radius 3 is 2.85 bits per heavy atom. The van der Waals surface area contributed by atoms with E-state index < -0.39 is 0 Å². The molecule has 2 fully saturated rings. The molecule has 1 unspecified atom stereocenters. The van der Waals surface area contributed by atoms with Gasteiger partial charge in [-0.1, -0.05) is 17.3 Å². The fraction of sp³-hybridized carbons (Fsp3) is 0.381. The highest BCUT2D eigenvalue weighted by atomic mass is 16.5. The van der Waals surface area contributed by atoms with Crippen LogP contribution in [-0.2, 0) is 0 Å². The van der Waals surface area contributed by atoms with Crippen molar-refractivity contribution in [2.75, 3.05) is 18.6 Å². The summed E-state index contributed by atoms with van der Waals surface area (Å²) in [5.74, 6) is 3.74. The zero-order valence-electron chi connectivity index (χ0n) is 15.3. The first kappa shape index (κ1) is 16.3. The van der Waals surface area contributed by atoms with Crippen LogP contribution in [0.25, 0.3) is 11.5 Å². The lowest BCUT2D eigenvalue weighted by Crippen LogP contribution is -2.23. The van der Waals surface area contributed by atoms with E-state index in [1.807, 2.05) is 24.4 Å². The third kappa shape index (κ3) is 3.16. The summed E-state index contributed by atoms with van der Waals surface area (Å²) >= 11 is 0. The largest absolute Gasteiger partial charge is 0.497 e. The van der Waals surface area contributed by atoms with Gasteiger partial charge < -0.3 is 14.2 Å². The molecule has 6 nitrogen and oxygen atoms in total. The van der Waals surface area contributed by atoms with Crippen LogP contribution in [0.5, 0.6) is 5.75 Å². The van der Waals surface area contributed by atoms with Crippen molar-refractivity contribution in [3.63, 3.8) is 0 Å². The third-order valence-electron chi connectivity index (χ3n) is 5.40. The number of hydrogen-bond donors (Lipinski definition) is 0. The van der Waals surface area contributed by atoms with E-state index in [1.54, 1.807) is 7.11 Å². The van der Waals surface area contributed by atoms with Crippen molar-refractivity contribution >= 4 is 5.82 Å². The van der Waals surface area contributed by atoms with Gasteiger partial charge in [0.25, 0.3) is 5.89 Å². The van der Waals surface area contributed by atoms with E-state index in [0.29, 0.717) is 17.9 Å². The Morgan fingerprint density at radius 2 is 2.07 bits per heavy atom. The van der Waals surface area contributed by atoms with Crippen LogP contribution in [0.1, 0.15) is 49.0 Å². The summed E-state index contributed by atoms with van der Waals surface area (Å²) in [6, 6.07) is 12.7. The van der Waals surface area contributed by atoms with E-state index in [2.05, 4.69) is 33.2 Å². The molecule has 1 saturated carbocycles.